The van der Waals surface area contributed by atoms with E-state index in [-0.39, 0.29) is 30.6 Å². The van der Waals surface area contributed by atoms with Gasteiger partial charge >= 0.3 is 12.1 Å². The van der Waals surface area contributed by atoms with Crippen LogP contribution in [-0.2, 0) is 20.8 Å². The Morgan fingerprint density at radius 1 is 1.09 bits per heavy atom. The summed E-state index contributed by atoms with van der Waals surface area (Å²) in [4.78, 5) is 40.7. The lowest BCUT2D eigenvalue weighted by Gasteiger charge is -2.28. The topological polar surface area (TPSA) is 127 Å². The molecule has 2 amide bonds. The van der Waals surface area contributed by atoms with E-state index in [0.717, 1.165) is 33.6 Å². The molecule has 1 aromatic heterocycles. The molecule has 0 saturated heterocycles. The van der Waals surface area contributed by atoms with Gasteiger partial charge in [0.25, 0.3) is 0 Å². The number of aromatic nitrogens is 1. The van der Waals surface area contributed by atoms with Gasteiger partial charge in [-0.05, 0) is 29.2 Å². The maximum Gasteiger partial charge on any atom is 0.408 e. The van der Waals surface area contributed by atoms with Crippen LogP contribution in [0.5, 0.6) is 0 Å². The Morgan fingerprint density at radius 3 is 2.29 bits per heavy atom. The minimum atomic E-state index is -1.41. The molecule has 3 aromatic rings. The summed E-state index contributed by atoms with van der Waals surface area (Å²) in [6.45, 7) is 1.56. The Morgan fingerprint density at radius 2 is 1.71 bits per heavy atom. The number of ether oxygens (including phenoxy) is 2. The van der Waals surface area contributed by atoms with Crippen molar-refractivity contribution in [3.05, 3.63) is 75.7 Å². The third-order valence-corrected chi connectivity index (χ3v) is 6.81. The summed E-state index contributed by atoms with van der Waals surface area (Å²) in [5.74, 6) is -1.70. The molecule has 1 aliphatic carbocycles. The number of rotatable bonds is 9. The van der Waals surface area contributed by atoms with Crippen LogP contribution in [0.4, 0.5) is 4.79 Å². The Labute approximate surface area is 206 Å². The van der Waals surface area contributed by atoms with Crippen molar-refractivity contribution in [1.29, 1.82) is 0 Å². The molecule has 0 aliphatic heterocycles. The molecular formula is C25H25N3O6S. The van der Waals surface area contributed by atoms with Crippen molar-refractivity contribution in [3.63, 3.8) is 0 Å². The van der Waals surface area contributed by atoms with Gasteiger partial charge in [-0.25, -0.2) is 14.6 Å². The molecule has 4 rings (SSSR count). The van der Waals surface area contributed by atoms with Crippen LogP contribution in [0.15, 0.2) is 54.7 Å². The van der Waals surface area contributed by atoms with Crippen molar-refractivity contribution < 1.29 is 29.0 Å². The van der Waals surface area contributed by atoms with Gasteiger partial charge in [0.1, 0.15) is 22.0 Å². The van der Waals surface area contributed by atoms with Gasteiger partial charge in [0.05, 0.1) is 19.3 Å². The quantitative estimate of drug-likeness (QED) is 0.415. The van der Waals surface area contributed by atoms with Crippen LogP contribution >= 0.6 is 11.3 Å². The number of nitrogens with one attached hydrogen (secondary N) is 2. The number of aromatic carboxylic acids is 1. The second-order valence-electron chi connectivity index (χ2n) is 8.32. The largest absolute Gasteiger partial charge is 0.477 e. The van der Waals surface area contributed by atoms with Crippen LogP contribution < -0.4 is 10.6 Å². The first-order valence-corrected chi connectivity index (χ1v) is 11.7. The average molecular weight is 496 g/mol. The lowest BCUT2D eigenvalue weighted by atomic mass is 9.98. The van der Waals surface area contributed by atoms with Gasteiger partial charge < -0.3 is 25.2 Å². The highest BCUT2D eigenvalue weighted by molar-refractivity contribution is 7.13. The number of carbonyl (C=O) groups excluding carboxylic acids is 2. The van der Waals surface area contributed by atoms with E-state index in [0.29, 0.717) is 5.01 Å². The molecule has 0 bridgehead atoms. The van der Waals surface area contributed by atoms with Crippen molar-refractivity contribution in [2.45, 2.75) is 24.9 Å². The zero-order valence-electron chi connectivity index (χ0n) is 19.2. The van der Waals surface area contributed by atoms with Crippen LogP contribution in [0, 0.1) is 0 Å². The van der Waals surface area contributed by atoms with E-state index in [2.05, 4.69) is 27.8 Å². The fourth-order valence-corrected chi connectivity index (χ4v) is 4.84. The fraction of sp³-hybridized carbons (Fsp3) is 0.280. The summed E-state index contributed by atoms with van der Waals surface area (Å²) < 4.78 is 10.7. The molecule has 1 unspecified atom stereocenters. The zero-order valence-corrected chi connectivity index (χ0v) is 20.1. The minimum Gasteiger partial charge on any atom is -0.477 e. The molecule has 1 heterocycles. The lowest BCUT2D eigenvalue weighted by molar-refractivity contribution is -0.129. The first kappa shape index (κ1) is 24.4. The molecule has 35 heavy (non-hydrogen) atoms. The Kier molecular flexibility index (Phi) is 7.13. The summed E-state index contributed by atoms with van der Waals surface area (Å²) in [7, 11) is 1.42. The summed E-state index contributed by atoms with van der Waals surface area (Å²) in [6.07, 6.45) is 0.488. The van der Waals surface area contributed by atoms with Gasteiger partial charge in [-0.3, -0.25) is 4.79 Å². The van der Waals surface area contributed by atoms with E-state index in [4.69, 9.17) is 14.6 Å². The molecule has 2 aromatic carbocycles. The predicted molar refractivity (Wildman–Crippen MR) is 129 cm³/mol. The Hall–Kier alpha value is -3.76. The molecule has 10 heteroatoms. The van der Waals surface area contributed by atoms with Crippen molar-refractivity contribution >= 4 is 29.3 Å². The highest BCUT2D eigenvalue weighted by atomic mass is 32.1. The molecule has 0 spiro atoms. The standard InChI is InChI=1S/C25H25N3O6S/c1-25(14-33-2,23(31)27-12-21-26-11-20(35-21)22(29)30)28-24(32)34-13-19-17-9-5-3-7-15(17)16-8-4-6-10-18(16)19/h3-11,19H,12-14H2,1-2H3,(H,27,31)(H,28,32)(H,29,30). The monoisotopic (exact) mass is 495 g/mol. The molecule has 0 radical (unpaired) electrons. The summed E-state index contributed by atoms with van der Waals surface area (Å²) >= 11 is 0.963. The van der Waals surface area contributed by atoms with E-state index >= 15 is 0 Å². The number of hydrogen-bond donors (Lipinski definition) is 3. The number of nitrogens with zero attached hydrogens (tertiary/aromatic N) is 1. The Balaban J connectivity index is 1.39. The van der Waals surface area contributed by atoms with Crippen molar-refractivity contribution in [2.75, 3.05) is 20.3 Å². The number of carboxylic acids is 1. The van der Waals surface area contributed by atoms with Crippen LogP contribution in [-0.4, -0.2) is 53.9 Å². The van der Waals surface area contributed by atoms with Gasteiger partial charge in [-0.15, -0.1) is 11.3 Å². The van der Waals surface area contributed by atoms with Gasteiger partial charge in [0.15, 0.2) is 0 Å². The van der Waals surface area contributed by atoms with Crippen LogP contribution in [0.1, 0.15) is 38.6 Å². The van der Waals surface area contributed by atoms with Crippen LogP contribution in [0.25, 0.3) is 11.1 Å². The van der Waals surface area contributed by atoms with Crippen molar-refractivity contribution in [1.82, 2.24) is 15.6 Å². The van der Waals surface area contributed by atoms with Crippen molar-refractivity contribution in [2.24, 2.45) is 0 Å². The van der Waals surface area contributed by atoms with Gasteiger partial charge in [0.2, 0.25) is 5.91 Å². The molecule has 0 saturated carbocycles. The molecule has 9 nitrogen and oxygen atoms in total. The molecule has 3 N–H and O–H groups in total. The van der Waals surface area contributed by atoms with E-state index in [1.165, 1.54) is 20.2 Å². The third-order valence-electron chi connectivity index (χ3n) is 5.82. The van der Waals surface area contributed by atoms with Gasteiger partial charge in [-0.2, -0.15) is 0 Å². The van der Waals surface area contributed by atoms with Gasteiger partial charge in [0, 0.05) is 13.0 Å². The number of benzene rings is 2. The number of carbonyl (C=O) groups is 3. The predicted octanol–water partition coefficient (Wildman–Crippen LogP) is 3.40. The average Bonchev–Trinajstić information content (AvgIpc) is 3.44. The zero-order chi connectivity index (χ0) is 25.0. The number of methoxy groups -OCH3 is 1. The number of thiazole rings is 1. The summed E-state index contributed by atoms with van der Waals surface area (Å²) in [6, 6.07) is 16.0. The number of alkyl carbamates (subject to hydrolysis) is 1. The van der Waals surface area contributed by atoms with Gasteiger partial charge in [-0.1, -0.05) is 48.5 Å². The van der Waals surface area contributed by atoms with E-state index in [9.17, 15) is 14.4 Å². The number of fused-ring (bicyclic) bond motifs is 3. The minimum absolute atomic E-state index is 0.0163. The molecule has 1 aliphatic rings. The molecule has 1 atom stereocenters. The fourth-order valence-electron chi connectivity index (χ4n) is 4.15. The first-order valence-electron chi connectivity index (χ1n) is 10.9. The molecule has 0 fully saturated rings. The van der Waals surface area contributed by atoms with Crippen molar-refractivity contribution in [3.8, 4) is 11.1 Å². The highest BCUT2D eigenvalue weighted by Gasteiger charge is 2.36. The van der Waals surface area contributed by atoms with E-state index in [1.807, 2.05) is 36.4 Å². The highest BCUT2D eigenvalue weighted by Crippen LogP contribution is 2.44. The van der Waals surface area contributed by atoms with E-state index < -0.39 is 23.5 Å². The number of hydrogen-bond acceptors (Lipinski definition) is 7. The second-order valence-corrected chi connectivity index (χ2v) is 9.44. The summed E-state index contributed by atoms with van der Waals surface area (Å²) in [5.41, 5.74) is 3.00. The normalized spacial score (nSPS) is 13.9. The maximum absolute atomic E-state index is 12.9. The lowest BCUT2D eigenvalue weighted by Crippen LogP contribution is -2.59. The number of carboxylic acid groups (broad SMARTS) is 1. The molecule has 182 valence electrons. The maximum atomic E-state index is 12.9. The Bertz CT molecular complexity index is 1210. The smallest absolute Gasteiger partial charge is 0.408 e. The first-order chi connectivity index (χ1) is 16.8. The van der Waals surface area contributed by atoms with Crippen LogP contribution in [0.3, 0.4) is 0 Å². The summed E-state index contributed by atoms with van der Waals surface area (Å²) in [5, 5.41) is 14.7. The third kappa shape index (κ3) is 5.18. The molecular weight excluding hydrogens is 470 g/mol. The SMILES string of the molecule is COCC(C)(NC(=O)OCC1c2ccccc2-c2ccccc21)C(=O)NCc1ncc(C(=O)O)s1. The van der Waals surface area contributed by atoms with E-state index in [1.54, 1.807) is 0 Å². The number of amides is 2. The van der Waals surface area contributed by atoms with Crippen LogP contribution in [0.2, 0.25) is 0 Å². The second kappa shape index (κ2) is 10.2.